The SMILES string of the molecule is Cc1ccnn1-c1[nH]ncc1-c1ccccc1. The van der Waals surface area contributed by atoms with Crippen molar-refractivity contribution in [3.05, 3.63) is 54.5 Å². The number of aromatic amines is 1. The van der Waals surface area contributed by atoms with Gasteiger partial charge in [0, 0.05) is 17.5 Å². The van der Waals surface area contributed by atoms with E-state index >= 15 is 0 Å². The Morgan fingerprint density at radius 1 is 1.12 bits per heavy atom. The van der Waals surface area contributed by atoms with Crippen LogP contribution in [0.4, 0.5) is 0 Å². The van der Waals surface area contributed by atoms with Gasteiger partial charge in [-0.2, -0.15) is 10.2 Å². The topological polar surface area (TPSA) is 46.5 Å². The highest BCUT2D eigenvalue weighted by Gasteiger charge is 2.10. The molecule has 1 N–H and O–H groups in total. The van der Waals surface area contributed by atoms with Crippen molar-refractivity contribution >= 4 is 0 Å². The summed E-state index contributed by atoms with van der Waals surface area (Å²) in [4.78, 5) is 0. The van der Waals surface area contributed by atoms with Crippen molar-refractivity contribution in [1.82, 2.24) is 20.0 Å². The van der Waals surface area contributed by atoms with Crippen LogP contribution < -0.4 is 0 Å². The number of hydrogen-bond donors (Lipinski definition) is 1. The molecular weight excluding hydrogens is 212 g/mol. The van der Waals surface area contributed by atoms with Gasteiger partial charge >= 0.3 is 0 Å². The number of H-pyrrole nitrogens is 1. The van der Waals surface area contributed by atoms with Gasteiger partial charge in [0.05, 0.1) is 6.20 Å². The van der Waals surface area contributed by atoms with E-state index in [1.807, 2.05) is 42.1 Å². The lowest BCUT2D eigenvalue weighted by Crippen LogP contribution is -2.00. The van der Waals surface area contributed by atoms with E-state index in [-0.39, 0.29) is 0 Å². The van der Waals surface area contributed by atoms with Crippen molar-refractivity contribution in [1.29, 1.82) is 0 Å². The lowest BCUT2D eigenvalue weighted by atomic mass is 10.1. The molecule has 2 heterocycles. The van der Waals surface area contributed by atoms with Crippen LogP contribution in [0.25, 0.3) is 16.9 Å². The molecule has 0 fully saturated rings. The van der Waals surface area contributed by atoms with E-state index in [1.54, 1.807) is 6.20 Å². The summed E-state index contributed by atoms with van der Waals surface area (Å²) in [6, 6.07) is 12.1. The lowest BCUT2D eigenvalue weighted by molar-refractivity contribution is 0.810. The minimum Gasteiger partial charge on any atom is -0.261 e. The molecule has 0 spiro atoms. The maximum Gasteiger partial charge on any atom is 0.157 e. The molecule has 0 amide bonds. The molecule has 4 nitrogen and oxygen atoms in total. The van der Waals surface area contributed by atoms with Crippen LogP contribution in [0.2, 0.25) is 0 Å². The van der Waals surface area contributed by atoms with Crippen LogP contribution in [0.3, 0.4) is 0 Å². The van der Waals surface area contributed by atoms with E-state index in [1.165, 1.54) is 0 Å². The molecule has 0 saturated heterocycles. The summed E-state index contributed by atoms with van der Waals surface area (Å²) in [6.07, 6.45) is 3.61. The van der Waals surface area contributed by atoms with Crippen molar-refractivity contribution in [2.24, 2.45) is 0 Å². The van der Waals surface area contributed by atoms with Crippen LogP contribution in [-0.2, 0) is 0 Å². The second-order valence-electron chi connectivity index (χ2n) is 3.88. The molecule has 0 saturated carbocycles. The molecule has 0 bridgehead atoms. The van der Waals surface area contributed by atoms with E-state index in [9.17, 15) is 0 Å². The van der Waals surface area contributed by atoms with Gasteiger partial charge in [0.2, 0.25) is 0 Å². The molecular formula is C13H12N4. The van der Waals surface area contributed by atoms with Gasteiger partial charge in [0.25, 0.3) is 0 Å². The second-order valence-corrected chi connectivity index (χ2v) is 3.88. The smallest absolute Gasteiger partial charge is 0.157 e. The van der Waals surface area contributed by atoms with Crippen molar-refractivity contribution in [3.63, 3.8) is 0 Å². The zero-order valence-corrected chi connectivity index (χ0v) is 9.46. The fourth-order valence-electron chi connectivity index (χ4n) is 1.87. The number of nitrogens with one attached hydrogen (secondary N) is 1. The largest absolute Gasteiger partial charge is 0.261 e. The van der Waals surface area contributed by atoms with E-state index in [0.29, 0.717) is 0 Å². The Balaban J connectivity index is 2.16. The Hall–Kier alpha value is -2.36. The Labute approximate surface area is 98.9 Å². The zero-order valence-electron chi connectivity index (χ0n) is 9.46. The van der Waals surface area contributed by atoms with Gasteiger partial charge < -0.3 is 0 Å². The molecule has 0 aliphatic rings. The van der Waals surface area contributed by atoms with Crippen LogP contribution >= 0.6 is 0 Å². The van der Waals surface area contributed by atoms with Crippen LogP contribution in [0.5, 0.6) is 0 Å². The fourth-order valence-corrected chi connectivity index (χ4v) is 1.87. The van der Waals surface area contributed by atoms with Crippen molar-refractivity contribution < 1.29 is 0 Å². The zero-order chi connectivity index (χ0) is 11.7. The van der Waals surface area contributed by atoms with Gasteiger partial charge in [-0.15, -0.1) is 0 Å². The molecule has 0 atom stereocenters. The number of hydrogen-bond acceptors (Lipinski definition) is 2. The van der Waals surface area contributed by atoms with Crippen LogP contribution in [0.1, 0.15) is 5.69 Å². The maximum absolute atomic E-state index is 4.29. The highest BCUT2D eigenvalue weighted by atomic mass is 15.3. The van der Waals surface area contributed by atoms with Gasteiger partial charge in [0.15, 0.2) is 5.82 Å². The molecule has 4 heteroatoms. The van der Waals surface area contributed by atoms with Crippen LogP contribution in [0, 0.1) is 6.92 Å². The molecule has 2 aromatic heterocycles. The molecule has 0 unspecified atom stereocenters. The van der Waals surface area contributed by atoms with Crippen LogP contribution in [-0.4, -0.2) is 20.0 Å². The van der Waals surface area contributed by atoms with E-state index in [4.69, 9.17) is 0 Å². The molecule has 3 rings (SSSR count). The van der Waals surface area contributed by atoms with Crippen molar-refractivity contribution in [3.8, 4) is 16.9 Å². The molecule has 1 aromatic carbocycles. The van der Waals surface area contributed by atoms with E-state index in [0.717, 1.165) is 22.6 Å². The lowest BCUT2D eigenvalue weighted by Gasteiger charge is -2.04. The summed E-state index contributed by atoms with van der Waals surface area (Å²) in [7, 11) is 0. The van der Waals surface area contributed by atoms with Crippen molar-refractivity contribution in [2.45, 2.75) is 6.92 Å². The number of aryl methyl sites for hydroxylation is 1. The summed E-state index contributed by atoms with van der Waals surface area (Å²) >= 11 is 0. The van der Waals surface area contributed by atoms with E-state index < -0.39 is 0 Å². The average Bonchev–Trinajstić information content (AvgIpc) is 2.98. The summed E-state index contributed by atoms with van der Waals surface area (Å²) in [5.74, 6) is 0.902. The van der Waals surface area contributed by atoms with Gasteiger partial charge in [-0.1, -0.05) is 30.3 Å². The minimum atomic E-state index is 0.902. The van der Waals surface area contributed by atoms with Gasteiger partial charge in [-0.3, -0.25) is 5.10 Å². The molecule has 84 valence electrons. The Kier molecular flexibility index (Phi) is 2.26. The third-order valence-electron chi connectivity index (χ3n) is 2.75. The van der Waals surface area contributed by atoms with Gasteiger partial charge in [-0.05, 0) is 18.6 Å². The number of rotatable bonds is 2. The molecule has 0 aliphatic heterocycles. The summed E-state index contributed by atoms with van der Waals surface area (Å²) < 4.78 is 1.86. The van der Waals surface area contributed by atoms with E-state index in [2.05, 4.69) is 27.4 Å². The monoisotopic (exact) mass is 224 g/mol. The quantitative estimate of drug-likeness (QED) is 0.727. The highest BCUT2D eigenvalue weighted by molar-refractivity contribution is 5.69. The first-order chi connectivity index (χ1) is 8.36. The minimum absolute atomic E-state index is 0.902. The predicted octanol–water partition coefficient (Wildman–Crippen LogP) is 2.57. The van der Waals surface area contributed by atoms with Crippen LogP contribution in [0.15, 0.2) is 48.8 Å². The fraction of sp³-hybridized carbons (Fsp3) is 0.0769. The number of nitrogens with zero attached hydrogens (tertiary/aromatic N) is 3. The predicted molar refractivity (Wildman–Crippen MR) is 65.9 cm³/mol. The molecule has 0 radical (unpaired) electrons. The van der Waals surface area contributed by atoms with Gasteiger partial charge in [-0.25, -0.2) is 4.68 Å². The Morgan fingerprint density at radius 2 is 1.94 bits per heavy atom. The Morgan fingerprint density at radius 3 is 2.65 bits per heavy atom. The first kappa shape index (κ1) is 9.84. The third-order valence-corrected chi connectivity index (χ3v) is 2.75. The number of benzene rings is 1. The third kappa shape index (κ3) is 1.63. The summed E-state index contributed by atoms with van der Waals surface area (Å²) in [5.41, 5.74) is 3.26. The highest BCUT2D eigenvalue weighted by Crippen LogP contribution is 2.24. The molecule has 17 heavy (non-hydrogen) atoms. The summed E-state index contributed by atoms with van der Waals surface area (Å²) in [6.45, 7) is 2.02. The first-order valence-corrected chi connectivity index (χ1v) is 5.46. The Bertz CT molecular complexity index is 622. The number of aromatic nitrogens is 4. The summed E-state index contributed by atoms with van der Waals surface area (Å²) in [5, 5.41) is 11.4. The molecule has 3 aromatic rings. The standard InChI is InChI=1S/C13H12N4/c1-10-7-8-15-17(10)13-12(9-14-16-13)11-5-3-2-4-6-11/h2-9H,1H3,(H,14,16). The molecule has 0 aliphatic carbocycles. The average molecular weight is 224 g/mol. The maximum atomic E-state index is 4.29. The van der Waals surface area contributed by atoms with Gasteiger partial charge in [0.1, 0.15) is 0 Å². The van der Waals surface area contributed by atoms with Crippen molar-refractivity contribution in [2.75, 3.05) is 0 Å². The second kappa shape index (κ2) is 3.90. The normalized spacial score (nSPS) is 10.6. The first-order valence-electron chi connectivity index (χ1n) is 5.46.